The number of nitrogens with zero attached hydrogens (tertiary/aromatic N) is 1. The standard InChI is InChI=1S/C14H12FN3OS/c15-12-7-6-10(9-17-18-14(16)20)8-13(12)19-11-4-2-1-3-5-11/h1-9H,(H3,16,18,20). The number of ether oxygens (including phenoxy) is 1. The lowest BCUT2D eigenvalue weighted by Crippen LogP contribution is -2.23. The average molecular weight is 289 g/mol. The first-order chi connectivity index (χ1) is 9.65. The van der Waals surface area contributed by atoms with Gasteiger partial charge in [0.2, 0.25) is 0 Å². The monoisotopic (exact) mass is 289 g/mol. The van der Waals surface area contributed by atoms with Crippen LogP contribution in [0.4, 0.5) is 4.39 Å². The van der Waals surface area contributed by atoms with Gasteiger partial charge >= 0.3 is 0 Å². The second kappa shape index (κ2) is 6.63. The third-order valence-corrected chi connectivity index (χ3v) is 2.41. The highest BCUT2D eigenvalue weighted by atomic mass is 32.1. The molecule has 0 aliphatic rings. The molecule has 0 aliphatic heterocycles. The summed E-state index contributed by atoms with van der Waals surface area (Å²) in [4.78, 5) is 0. The summed E-state index contributed by atoms with van der Waals surface area (Å²) in [6, 6.07) is 13.4. The van der Waals surface area contributed by atoms with Gasteiger partial charge in [-0.2, -0.15) is 5.10 Å². The number of nitrogens with one attached hydrogen (secondary N) is 1. The van der Waals surface area contributed by atoms with E-state index < -0.39 is 5.82 Å². The van der Waals surface area contributed by atoms with Crippen molar-refractivity contribution >= 4 is 23.5 Å². The van der Waals surface area contributed by atoms with E-state index in [1.54, 1.807) is 18.2 Å². The van der Waals surface area contributed by atoms with Gasteiger partial charge in [0, 0.05) is 0 Å². The Morgan fingerprint density at radius 1 is 1.25 bits per heavy atom. The van der Waals surface area contributed by atoms with E-state index in [0.29, 0.717) is 11.3 Å². The van der Waals surface area contributed by atoms with Crippen LogP contribution in [0.25, 0.3) is 0 Å². The SMILES string of the molecule is NC(=S)NN=Cc1ccc(F)c(Oc2ccccc2)c1. The molecule has 102 valence electrons. The number of benzene rings is 2. The third-order valence-electron chi connectivity index (χ3n) is 2.31. The van der Waals surface area contributed by atoms with Crippen LogP contribution in [-0.4, -0.2) is 11.3 Å². The van der Waals surface area contributed by atoms with Crippen molar-refractivity contribution in [2.45, 2.75) is 0 Å². The van der Waals surface area contributed by atoms with Crippen LogP contribution in [-0.2, 0) is 0 Å². The molecule has 0 amide bonds. The van der Waals surface area contributed by atoms with E-state index in [-0.39, 0.29) is 10.9 Å². The van der Waals surface area contributed by atoms with Crippen molar-refractivity contribution in [1.29, 1.82) is 0 Å². The average Bonchev–Trinajstić information content (AvgIpc) is 2.43. The van der Waals surface area contributed by atoms with Gasteiger partial charge in [-0.1, -0.05) is 24.3 Å². The molecule has 0 fully saturated rings. The molecule has 6 heteroatoms. The Morgan fingerprint density at radius 3 is 2.70 bits per heavy atom. The highest BCUT2D eigenvalue weighted by Gasteiger charge is 2.05. The summed E-state index contributed by atoms with van der Waals surface area (Å²) in [5, 5.41) is 3.86. The molecule has 0 saturated heterocycles. The smallest absolute Gasteiger partial charge is 0.184 e. The number of para-hydroxylation sites is 1. The Hall–Kier alpha value is -2.47. The fourth-order valence-electron chi connectivity index (χ4n) is 1.46. The maximum Gasteiger partial charge on any atom is 0.184 e. The minimum atomic E-state index is -0.451. The lowest BCUT2D eigenvalue weighted by atomic mass is 10.2. The quantitative estimate of drug-likeness (QED) is 0.516. The van der Waals surface area contributed by atoms with Gasteiger partial charge in [0.15, 0.2) is 16.7 Å². The van der Waals surface area contributed by atoms with Crippen molar-refractivity contribution in [3.05, 3.63) is 59.9 Å². The molecule has 0 spiro atoms. The lowest BCUT2D eigenvalue weighted by molar-refractivity contribution is 0.442. The van der Waals surface area contributed by atoms with E-state index >= 15 is 0 Å². The molecule has 2 aromatic carbocycles. The highest BCUT2D eigenvalue weighted by molar-refractivity contribution is 7.80. The molecule has 4 nitrogen and oxygen atoms in total. The number of hydrogen-bond acceptors (Lipinski definition) is 3. The van der Waals surface area contributed by atoms with E-state index in [1.165, 1.54) is 18.3 Å². The lowest BCUT2D eigenvalue weighted by Gasteiger charge is -2.07. The number of rotatable bonds is 4. The first-order valence-electron chi connectivity index (χ1n) is 5.76. The second-order valence-corrected chi connectivity index (χ2v) is 4.28. The van der Waals surface area contributed by atoms with Crippen molar-refractivity contribution in [3.63, 3.8) is 0 Å². The Kier molecular flexibility index (Phi) is 4.62. The minimum absolute atomic E-state index is 0.0594. The van der Waals surface area contributed by atoms with Crippen LogP contribution >= 0.6 is 12.2 Å². The minimum Gasteiger partial charge on any atom is -0.454 e. The van der Waals surface area contributed by atoms with Gasteiger partial charge in [0.05, 0.1) is 6.21 Å². The van der Waals surface area contributed by atoms with E-state index in [1.807, 2.05) is 18.2 Å². The van der Waals surface area contributed by atoms with Crippen LogP contribution in [0.2, 0.25) is 0 Å². The normalized spacial score (nSPS) is 10.4. The zero-order chi connectivity index (χ0) is 14.4. The van der Waals surface area contributed by atoms with Crippen molar-refractivity contribution in [3.8, 4) is 11.5 Å². The Bertz CT molecular complexity index is 632. The van der Waals surface area contributed by atoms with E-state index in [4.69, 9.17) is 10.5 Å². The van der Waals surface area contributed by atoms with E-state index in [9.17, 15) is 4.39 Å². The predicted octanol–water partition coefficient (Wildman–Crippen LogP) is 2.79. The van der Waals surface area contributed by atoms with Gasteiger partial charge in [0.1, 0.15) is 5.75 Å². The fourth-order valence-corrected chi connectivity index (χ4v) is 1.52. The topological polar surface area (TPSA) is 59.6 Å². The number of halogens is 1. The molecule has 2 rings (SSSR count). The van der Waals surface area contributed by atoms with Gasteiger partial charge in [-0.25, -0.2) is 4.39 Å². The summed E-state index contributed by atoms with van der Waals surface area (Å²) in [5.41, 5.74) is 8.31. The number of thiocarbonyl (C=S) groups is 1. The van der Waals surface area contributed by atoms with Gasteiger partial charge < -0.3 is 10.5 Å². The van der Waals surface area contributed by atoms with Crippen LogP contribution in [0.3, 0.4) is 0 Å². The molecule has 2 aromatic rings. The van der Waals surface area contributed by atoms with Crippen LogP contribution in [0.15, 0.2) is 53.6 Å². The van der Waals surface area contributed by atoms with Crippen molar-refractivity contribution in [1.82, 2.24) is 5.43 Å². The molecule has 0 unspecified atom stereocenters. The molecule has 0 aliphatic carbocycles. The molecule has 0 radical (unpaired) electrons. The van der Waals surface area contributed by atoms with Crippen LogP contribution in [0.1, 0.15) is 5.56 Å². The van der Waals surface area contributed by atoms with Gasteiger partial charge in [-0.3, -0.25) is 5.43 Å². The number of nitrogens with two attached hydrogens (primary N) is 1. The van der Waals surface area contributed by atoms with Crippen molar-refractivity contribution in [2.75, 3.05) is 0 Å². The summed E-state index contributed by atoms with van der Waals surface area (Å²) in [6.45, 7) is 0. The molecule has 0 bridgehead atoms. The summed E-state index contributed by atoms with van der Waals surface area (Å²) >= 11 is 4.61. The first kappa shape index (κ1) is 14.0. The van der Waals surface area contributed by atoms with Gasteiger partial charge in [0.25, 0.3) is 0 Å². The summed E-state index contributed by atoms with van der Waals surface area (Å²) in [5.74, 6) is 0.227. The molecule has 3 N–H and O–H groups in total. The maximum atomic E-state index is 13.7. The van der Waals surface area contributed by atoms with Gasteiger partial charge in [-0.05, 0) is 42.0 Å². The maximum absolute atomic E-state index is 13.7. The van der Waals surface area contributed by atoms with Gasteiger partial charge in [-0.15, -0.1) is 0 Å². The van der Waals surface area contributed by atoms with Crippen LogP contribution in [0, 0.1) is 5.82 Å². The molecule has 0 saturated carbocycles. The molecule has 20 heavy (non-hydrogen) atoms. The third kappa shape index (κ3) is 4.03. The molecular weight excluding hydrogens is 277 g/mol. The summed E-state index contributed by atoms with van der Waals surface area (Å²) in [7, 11) is 0. The fraction of sp³-hybridized carbons (Fsp3) is 0. The Labute approximate surface area is 121 Å². The first-order valence-corrected chi connectivity index (χ1v) is 6.17. The summed E-state index contributed by atoms with van der Waals surface area (Å²) < 4.78 is 19.1. The van der Waals surface area contributed by atoms with E-state index in [2.05, 4.69) is 22.7 Å². The van der Waals surface area contributed by atoms with Crippen LogP contribution < -0.4 is 15.9 Å². The Morgan fingerprint density at radius 2 is 2.00 bits per heavy atom. The largest absolute Gasteiger partial charge is 0.454 e. The molecule has 0 atom stereocenters. The van der Waals surface area contributed by atoms with Crippen molar-refractivity contribution < 1.29 is 9.13 Å². The zero-order valence-corrected chi connectivity index (χ0v) is 11.2. The number of hydrazone groups is 1. The molecular formula is C14H12FN3OS. The predicted molar refractivity (Wildman–Crippen MR) is 80.4 cm³/mol. The van der Waals surface area contributed by atoms with Crippen LogP contribution in [0.5, 0.6) is 11.5 Å². The van der Waals surface area contributed by atoms with Crippen molar-refractivity contribution in [2.24, 2.45) is 10.8 Å². The van der Waals surface area contributed by atoms with E-state index in [0.717, 1.165) is 0 Å². The highest BCUT2D eigenvalue weighted by Crippen LogP contribution is 2.24. The molecule has 0 heterocycles. The molecule has 0 aromatic heterocycles. The zero-order valence-electron chi connectivity index (χ0n) is 10.4. The Balaban J connectivity index is 2.16. The second-order valence-electron chi connectivity index (χ2n) is 3.84. The number of hydrogen-bond donors (Lipinski definition) is 2. The summed E-state index contributed by atoms with van der Waals surface area (Å²) in [6.07, 6.45) is 1.47.